The maximum atomic E-state index is 11.8. The molecule has 7 heteroatoms. The Balaban J connectivity index is 1.39. The van der Waals surface area contributed by atoms with Crippen LogP contribution in [0.15, 0.2) is 36.7 Å². The number of benzene rings is 1. The minimum absolute atomic E-state index is 0.00216. The second-order valence-electron chi connectivity index (χ2n) is 7.70. The van der Waals surface area contributed by atoms with E-state index in [1.807, 2.05) is 12.1 Å². The summed E-state index contributed by atoms with van der Waals surface area (Å²) in [6.45, 7) is 4.91. The first kappa shape index (κ1) is 23.0. The lowest BCUT2D eigenvalue weighted by Crippen LogP contribution is -2.14. The number of unbranched alkanes of at least 4 members (excludes halogenated alkanes) is 5. The molecule has 2 atom stereocenters. The predicted molar refractivity (Wildman–Crippen MR) is 117 cm³/mol. The van der Waals surface area contributed by atoms with Crippen molar-refractivity contribution in [3.63, 3.8) is 0 Å². The minimum atomic E-state index is -0.758. The van der Waals surface area contributed by atoms with Gasteiger partial charge in [-0.25, -0.2) is 14.8 Å². The highest BCUT2D eigenvalue weighted by Crippen LogP contribution is 2.28. The largest absolute Gasteiger partial charge is 0.516 e. The monoisotopic (exact) mass is 428 g/mol. The zero-order chi connectivity index (χ0) is 21.9. The van der Waals surface area contributed by atoms with Gasteiger partial charge in [0.25, 0.3) is 0 Å². The number of ether oxygens (including phenoxy) is 4. The molecule has 168 valence electrons. The van der Waals surface area contributed by atoms with Crippen molar-refractivity contribution in [3.05, 3.63) is 36.7 Å². The number of nitrogens with zero attached hydrogens (tertiary/aromatic N) is 2. The van der Waals surface area contributed by atoms with Gasteiger partial charge in [-0.1, -0.05) is 64.5 Å². The molecule has 7 nitrogen and oxygen atoms in total. The molecule has 1 aromatic heterocycles. The van der Waals surface area contributed by atoms with Gasteiger partial charge in [0.05, 0.1) is 6.61 Å². The van der Waals surface area contributed by atoms with Crippen LogP contribution in [0, 0.1) is 0 Å². The highest BCUT2D eigenvalue weighted by atomic mass is 16.8. The Labute approximate surface area is 184 Å². The van der Waals surface area contributed by atoms with Gasteiger partial charge < -0.3 is 18.9 Å². The topological polar surface area (TPSA) is 83.1 Å². The normalized spacial score (nSPS) is 17.2. The second-order valence-corrected chi connectivity index (χ2v) is 7.70. The fraction of sp³-hybridized carbons (Fsp3) is 0.542. The minimum Gasteiger partial charge on any atom is -0.463 e. The zero-order valence-electron chi connectivity index (χ0n) is 18.4. The SMILES string of the molecule is CCCCCCCCOc1ncc(-c2ccc(OC(=O)O[C@H]3O[C@@H]3CCC)cc2)cn1. The molecule has 31 heavy (non-hydrogen) atoms. The smallest absolute Gasteiger partial charge is 0.463 e. The van der Waals surface area contributed by atoms with Crippen molar-refractivity contribution in [1.82, 2.24) is 9.97 Å². The van der Waals surface area contributed by atoms with Crippen LogP contribution in [-0.4, -0.2) is 35.1 Å². The van der Waals surface area contributed by atoms with Crippen LogP contribution in [0.5, 0.6) is 11.8 Å². The molecule has 2 heterocycles. The third-order valence-corrected chi connectivity index (χ3v) is 5.07. The van der Waals surface area contributed by atoms with E-state index in [9.17, 15) is 4.79 Å². The highest BCUT2D eigenvalue weighted by molar-refractivity contribution is 5.66. The first-order valence-corrected chi connectivity index (χ1v) is 11.3. The van der Waals surface area contributed by atoms with Crippen LogP contribution >= 0.6 is 0 Å². The van der Waals surface area contributed by atoms with Crippen LogP contribution < -0.4 is 9.47 Å². The average Bonchev–Trinajstić information content (AvgIpc) is 3.51. The molecular weight excluding hydrogens is 396 g/mol. The van der Waals surface area contributed by atoms with Crippen molar-refractivity contribution >= 4 is 6.16 Å². The number of epoxide rings is 1. The molecular formula is C24H32N2O5. The Hall–Kier alpha value is -2.67. The van der Waals surface area contributed by atoms with Gasteiger partial charge in [0.15, 0.2) is 0 Å². The number of rotatable bonds is 13. The second kappa shape index (κ2) is 12.2. The van der Waals surface area contributed by atoms with Gasteiger partial charge in [0.1, 0.15) is 11.9 Å². The molecule has 0 aliphatic carbocycles. The summed E-state index contributed by atoms with van der Waals surface area (Å²) in [5.41, 5.74) is 1.77. The third-order valence-electron chi connectivity index (χ3n) is 5.07. The van der Waals surface area contributed by atoms with E-state index in [-0.39, 0.29) is 6.10 Å². The molecule has 3 rings (SSSR count). The quantitative estimate of drug-likeness (QED) is 0.169. The fourth-order valence-electron chi connectivity index (χ4n) is 3.24. The number of hydrogen-bond donors (Lipinski definition) is 0. The molecule has 0 radical (unpaired) electrons. The van der Waals surface area contributed by atoms with Crippen LogP contribution in [0.1, 0.15) is 65.2 Å². The maximum Gasteiger partial charge on any atom is 0.516 e. The molecule has 0 amide bonds. The van der Waals surface area contributed by atoms with Gasteiger partial charge in [-0.3, -0.25) is 0 Å². The molecule has 1 aromatic carbocycles. The van der Waals surface area contributed by atoms with Crippen LogP contribution in [0.2, 0.25) is 0 Å². The van der Waals surface area contributed by atoms with E-state index in [1.54, 1.807) is 24.5 Å². The van der Waals surface area contributed by atoms with Crippen molar-refractivity contribution in [1.29, 1.82) is 0 Å². The molecule has 1 aliphatic heterocycles. The lowest BCUT2D eigenvalue weighted by Gasteiger charge is -2.07. The van der Waals surface area contributed by atoms with Gasteiger partial charge in [-0.15, -0.1) is 0 Å². The maximum absolute atomic E-state index is 11.8. The van der Waals surface area contributed by atoms with Gasteiger partial charge in [-0.2, -0.15) is 0 Å². The predicted octanol–water partition coefficient (Wildman–Crippen LogP) is 5.92. The highest BCUT2D eigenvalue weighted by Gasteiger charge is 2.42. The Bertz CT molecular complexity index is 795. The van der Waals surface area contributed by atoms with Gasteiger partial charge in [0, 0.05) is 18.0 Å². The van der Waals surface area contributed by atoms with Gasteiger partial charge >= 0.3 is 12.2 Å². The summed E-state index contributed by atoms with van der Waals surface area (Å²) < 4.78 is 21.2. The molecule has 1 fully saturated rings. The van der Waals surface area contributed by atoms with Crippen LogP contribution in [0.25, 0.3) is 11.1 Å². The Morgan fingerprint density at radius 1 is 0.935 bits per heavy atom. The van der Waals surface area contributed by atoms with E-state index in [2.05, 4.69) is 23.8 Å². The lowest BCUT2D eigenvalue weighted by molar-refractivity contribution is 0.0562. The average molecular weight is 429 g/mol. The third kappa shape index (κ3) is 7.83. The number of hydrogen-bond acceptors (Lipinski definition) is 7. The molecule has 0 N–H and O–H groups in total. The van der Waals surface area contributed by atoms with E-state index in [0.29, 0.717) is 18.4 Å². The first-order chi connectivity index (χ1) is 15.2. The lowest BCUT2D eigenvalue weighted by atomic mass is 10.1. The Kier molecular flexibility index (Phi) is 9.09. The summed E-state index contributed by atoms with van der Waals surface area (Å²) in [5.74, 6) is 0.404. The van der Waals surface area contributed by atoms with Crippen molar-refractivity contribution in [2.24, 2.45) is 0 Å². The summed E-state index contributed by atoms with van der Waals surface area (Å²) in [4.78, 5) is 20.4. The molecule has 1 saturated heterocycles. The Morgan fingerprint density at radius 3 is 2.35 bits per heavy atom. The van der Waals surface area contributed by atoms with Crippen LogP contribution in [-0.2, 0) is 9.47 Å². The van der Waals surface area contributed by atoms with Crippen LogP contribution in [0.4, 0.5) is 4.79 Å². The molecule has 1 aliphatic rings. The van der Waals surface area contributed by atoms with E-state index in [1.165, 1.54) is 32.1 Å². The molecule has 0 spiro atoms. The summed E-state index contributed by atoms with van der Waals surface area (Å²) in [7, 11) is 0. The van der Waals surface area contributed by atoms with Crippen molar-refractivity contribution in [3.8, 4) is 22.9 Å². The zero-order valence-corrected chi connectivity index (χ0v) is 18.4. The summed E-state index contributed by atoms with van der Waals surface area (Å²) in [6.07, 6.45) is 11.4. The van der Waals surface area contributed by atoms with E-state index >= 15 is 0 Å². The van der Waals surface area contributed by atoms with E-state index in [0.717, 1.165) is 30.4 Å². The summed E-state index contributed by atoms with van der Waals surface area (Å²) in [5, 5.41) is 0. The molecule has 0 saturated carbocycles. The van der Waals surface area contributed by atoms with Crippen molar-refractivity contribution < 1.29 is 23.7 Å². The molecule has 0 unspecified atom stereocenters. The number of carbonyl (C=O) groups excluding carboxylic acids is 1. The van der Waals surface area contributed by atoms with Crippen molar-refractivity contribution in [2.45, 2.75) is 77.6 Å². The molecule has 2 aromatic rings. The standard InChI is InChI=1S/C24H32N2O5/c1-3-5-6-7-8-9-15-28-23-25-16-19(17-26-23)18-11-13-20(14-12-18)29-24(27)31-22-21(30-22)10-4-2/h11-14,16-17,21-22H,3-10,15H2,1-2H3/t21-,22-/m1/s1. The number of aromatic nitrogens is 2. The van der Waals surface area contributed by atoms with Crippen LogP contribution in [0.3, 0.4) is 0 Å². The fourth-order valence-corrected chi connectivity index (χ4v) is 3.24. The first-order valence-electron chi connectivity index (χ1n) is 11.3. The summed E-state index contributed by atoms with van der Waals surface area (Å²) in [6, 6.07) is 7.48. The Morgan fingerprint density at radius 2 is 1.65 bits per heavy atom. The molecule has 0 bridgehead atoms. The van der Waals surface area contributed by atoms with E-state index in [4.69, 9.17) is 18.9 Å². The number of carbonyl (C=O) groups is 1. The summed E-state index contributed by atoms with van der Waals surface area (Å²) >= 11 is 0. The van der Waals surface area contributed by atoms with Gasteiger partial charge in [-0.05, 0) is 30.5 Å². The van der Waals surface area contributed by atoms with Crippen molar-refractivity contribution in [2.75, 3.05) is 6.61 Å². The van der Waals surface area contributed by atoms with E-state index < -0.39 is 12.4 Å². The van der Waals surface area contributed by atoms with Gasteiger partial charge in [0.2, 0.25) is 6.29 Å².